The Morgan fingerprint density at radius 1 is 1.40 bits per heavy atom. The van der Waals surface area contributed by atoms with Crippen LogP contribution in [0.2, 0.25) is 0 Å². The van der Waals surface area contributed by atoms with E-state index in [0.29, 0.717) is 0 Å². The van der Waals surface area contributed by atoms with Crippen LogP contribution in [0.25, 0.3) is 0 Å². The zero-order valence-corrected chi connectivity index (χ0v) is 8.36. The van der Waals surface area contributed by atoms with E-state index in [1.807, 2.05) is 0 Å². The monoisotopic (exact) mass is 228 g/mol. The Morgan fingerprint density at radius 3 is 2.67 bits per heavy atom. The summed E-state index contributed by atoms with van der Waals surface area (Å²) in [5.41, 5.74) is 0.187. The molecule has 0 spiro atoms. The number of sulfone groups is 1. The summed E-state index contributed by atoms with van der Waals surface area (Å²) < 4.78 is 23.0. The molecular weight excluding hydrogens is 220 g/mol. The molecule has 2 rings (SSSR count). The van der Waals surface area contributed by atoms with Gasteiger partial charge in [0.15, 0.2) is 9.84 Å². The smallest absolute Gasteiger partial charge is 0.335 e. The highest BCUT2D eigenvalue weighted by Gasteiger charge is 2.33. The third-order valence-corrected chi connectivity index (χ3v) is 4.11. The molecule has 1 aromatic carbocycles. The third-order valence-electron chi connectivity index (χ3n) is 2.33. The van der Waals surface area contributed by atoms with Crippen LogP contribution >= 0.6 is 0 Å². The van der Waals surface area contributed by atoms with Crippen LogP contribution in [0, 0.1) is 0 Å². The Hall–Kier alpha value is -1.40. The summed E-state index contributed by atoms with van der Waals surface area (Å²) in [6.07, 6.45) is -1.05. The standard InChI is InChI=1S/C9H8O5S/c10-7-4-15(13,14)8-3-5(9(11)12)1-2-6(7)8/h1-3,7,10H,4H2,(H,11,12). The highest BCUT2D eigenvalue weighted by atomic mass is 32.2. The van der Waals surface area contributed by atoms with Crippen molar-refractivity contribution >= 4 is 15.8 Å². The van der Waals surface area contributed by atoms with Crippen molar-refractivity contribution in [3.8, 4) is 0 Å². The average Bonchev–Trinajstić information content (AvgIpc) is 2.37. The summed E-state index contributed by atoms with van der Waals surface area (Å²) >= 11 is 0. The molecular formula is C9H8O5S. The third kappa shape index (κ3) is 1.51. The van der Waals surface area contributed by atoms with Crippen molar-refractivity contribution in [2.45, 2.75) is 11.0 Å². The molecule has 0 radical (unpaired) electrons. The van der Waals surface area contributed by atoms with E-state index in [9.17, 15) is 18.3 Å². The minimum Gasteiger partial charge on any atom is -0.478 e. The summed E-state index contributed by atoms with van der Waals surface area (Å²) in [6.45, 7) is 0. The molecule has 1 aliphatic rings. The van der Waals surface area contributed by atoms with E-state index in [4.69, 9.17) is 5.11 Å². The average molecular weight is 228 g/mol. The number of aliphatic hydroxyl groups excluding tert-OH is 1. The summed E-state index contributed by atoms with van der Waals surface area (Å²) in [6, 6.07) is 3.71. The largest absolute Gasteiger partial charge is 0.478 e. The predicted octanol–water partition coefficient (Wildman–Crippen LogP) is 0.206. The van der Waals surface area contributed by atoms with E-state index in [1.165, 1.54) is 12.1 Å². The van der Waals surface area contributed by atoms with Gasteiger partial charge in [-0.3, -0.25) is 0 Å². The molecule has 2 N–H and O–H groups in total. The lowest BCUT2D eigenvalue weighted by atomic mass is 10.1. The molecule has 1 aliphatic heterocycles. The number of carbonyl (C=O) groups is 1. The molecule has 0 saturated carbocycles. The first kappa shape index (κ1) is 10.1. The summed E-state index contributed by atoms with van der Waals surface area (Å²) in [7, 11) is -3.52. The number of carboxylic acid groups (broad SMARTS) is 1. The van der Waals surface area contributed by atoms with E-state index in [-0.39, 0.29) is 21.8 Å². The molecule has 80 valence electrons. The van der Waals surface area contributed by atoms with Crippen LogP contribution in [0.1, 0.15) is 22.0 Å². The van der Waals surface area contributed by atoms with Gasteiger partial charge in [-0.25, -0.2) is 13.2 Å². The Kier molecular flexibility index (Phi) is 2.06. The molecule has 5 nitrogen and oxygen atoms in total. The highest BCUT2D eigenvalue weighted by molar-refractivity contribution is 7.91. The van der Waals surface area contributed by atoms with Crippen LogP contribution in [0.5, 0.6) is 0 Å². The van der Waals surface area contributed by atoms with Gasteiger partial charge in [0.05, 0.1) is 22.3 Å². The maximum absolute atomic E-state index is 11.5. The van der Waals surface area contributed by atoms with Gasteiger partial charge in [-0.1, -0.05) is 6.07 Å². The summed E-state index contributed by atoms with van der Waals surface area (Å²) in [5.74, 6) is -1.56. The lowest BCUT2D eigenvalue weighted by Crippen LogP contribution is -2.02. The predicted molar refractivity (Wildman–Crippen MR) is 50.4 cm³/mol. The van der Waals surface area contributed by atoms with Crippen LogP contribution in [0.4, 0.5) is 0 Å². The molecule has 0 bridgehead atoms. The Labute approximate surface area is 85.9 Å². The number of hydrogen-bond donors (Lipinski definition) is 2. The minimum absolute atomic E-state index is 0.0742. The van der Waals surface area contributed by atoms with Gasteiger partial charge in [0.2, 0.25) is 0 Å². The first-order valence-corrected chi connectivity index (χ1v) is 5.85. The van der Waals surface area contributed by atoms with Crippen LogP contribution in [-0.2, 0) is 9.84 Å². The minimum atomic E-state index is -3.52. The van der Waals surface area contributed by atoms with Crippen molar-refractivity contribution < 1.29 is 23.4 Å². The van der Waals surface area contributed by atoms with Crippen molar-refractivity contribution in [2.24, 2.45) is 0 Å². The SMILES string of the molecule is O=C(O)c1ccc2c(c1)S(=O)(=O)CC2O. The van der Waals surface area contributed by atoms with E-state index < -0.39 is 21.9 Å². The fraction of sp³-hybridized carbons (Fsp3) is 0.222. The maximum atomic E-state index is 11.5. The highest BCUT2D eigenvalue weighted by Crippen LogP contribution is 2.33. The van der Waals surface area contributed by atoms with Gasteiger partial charge in [-0.05, 0) is 12.1 Å². The zero-order valence-electron chi connectivity index (χ0n) is 7.54. The van der Waals surface area contributed by atoms with Crippen LogP contribution < -0.4 is 0 Å². The molecule has 1 aromatic rings. The Morgan fingerprint density at radius 2 is 2.07 bits per heavy atom. The van der Waals surface area contributed by atoms with Crippen molar-refractivity contribution in [1.29, 1.82) is 0 Å². The van der Waals surface area contributed by atoms with Gasteiger partial charge < -0.3 is 10.2 Å². The molecule has 6 heteroatoms. The van der Waals surface area contributed by atoms with Gasteiger partial charge in [-0.2, -0.15) is 0 Å². The van der Waals surface area contributed by atoms with Crippen LogP contribution in [0.15, 0.2) is 23.1 Å². The molecule has 0 saturated heterocycles. The topological polar surface area (TPSA) is 91.7 Å². The molecule has 0 fully saturated rings. The Bertz CT molecular complexity index is 531. The summed E-state index contributed by atoms with van der Waals surface area (Å²) in [5, 5.41) is 18.1. The van der Waals surface area contributed by atoms with E-state index >= 15 is 0 Å². The second-order valence-electron chi connectivity index (χ2n) is 3.35. The fourth-order valence-electron chi connectivity index (χ4n) is 1.60. The van der Waals surface area contributed by atoms with Gasteiger partial charge >= 0.3 is 5.97 Å². The molecule has 15 heavy (non-hydrogen) atoms. The van der Waals surface area contributed by atoms with Crippen molar-refractivity contribution in [3.63, 3.8) is 0 Å². The van der Waals surface area contributed by atoms with E-state index in [1.54, 1.807) is 0 Å². The summed E-state index contributed by atoms with van der Waals surface area (Å²) in [4.78, 5) is 10.6. The molecule has 1 heterocycles. The van der Waals surface area contributed by atoms with Crippen molar-refractivity contribution in [1.82, 2.24) is 0 Å². The van der Waals surface area contributed by atoms with E-state index in [0.717, 1.165) is 6.07 Å². The number of aromatic carboxylic acids is 1. The first-order valence-electron chi connectivity index (χ1n) is 4.20. The maximum Gasteiger partial charge on any atom is 0.335 e. The lowest BCUT2D eigenvalue weighted by molar-refractivity contribution is 0.0696. The number of hydrogen-bond acceptors (Lipinski definition) is 4. The number of carboxylic acids is 1. The zero-order chi connectivity index (χ0) is 11.2. The van der Waals surface area contributed by atoms with Gasteiger partial charge in [0, 0.05) is 5.56 Å². The number of aliphatic hydroxyl groups is 1. The second kappa shape index (κ2) is 3.04. The van der Waals surface area contributed by atoms with Gasteiger partial charge in [0.1, 0.15) is 0 Å². The molecule has 1 unspecified atom stereocenters. The van der Waals surface area contributed by atoms with Gasteiger partial charge in [-0.15, -0.1) is 0 Å². The Balaban J connectivity index is 2.68. The van der Waals surface area contributed by atoms with Crippen LogP contribution in [0.3, 0.4) is 0 Å². The number of fused-ring (bicyclic) bond motifs is 1. The molecule has 1 atom stereocenters. The number of rotatable bonds is 1. The lowest BCUT2D eigenvalue weighted by Gasteiger charge is -2.01. The van der Waals surface area contributed by atoms with Crippen molar-refractivity contribution in [2.75, 3.05) is 5.75 Å². The molecule has 0 aliphatic carbocycles. The second-order valence-corrected chi connectivity index (χ2v) is 5.36. The van der Waals surface area contributed by atoms with Gasteiger partial charge in [0.25, 0.3) is 0 Å². The quantitative estimate of drug-likeness (QED) is 0.716. The normalized spacial score (nSPS) is 22.3. The molecule has 0 amide bonds. The number of benzene rings is 1. The first-order chi connectivity index (χ1) is 6.92. The van der Waals surface area contributed by atoms with Crippen molar-refractivity contribution in [3.05, 3.63) is 29.3 Å². The fourth-order valence-corrected chi connectivity index (χ4v) is 3.24. The molecule has 0 aromatic heterocycles. The van der Waals surface area contributed by atoms with E-state index in [2.05, 4.69) is 0 Å². The van der Waals surface area contributed by atoms with Crippen LogP contribution in [-0.4, -0.2) is 30.4 Å².